The van der Waals surface area contributed by atoms with E-state index in [-0.39, 0.29) is 30.2 Å². The zero-order chi connectivity index (χ0) is 22.9. The summed E-state index contributed by atoms with van der Waals surface area (Å²) in [4.78, 5) is 41.3. The fourth-order valence-corrected chi connectivity index (χ4v) is 5.08. The number of hydrogen-bond donors (Lipinski definition) is 2. The average Bonchev–Trinajstić information content (AvgIpc) is 3.32. The maximum atomic E-state index is 13.3. The number of nitrogens with zero attached hydrogens (tertiary/aromatic N) is 1. The lowest BCUT2D eigenvalue weighted by molar-refractivity contribution is -0.122. The Balaban J connectivity index is 1.35. The minimum atomic E-state index is -0.518. The van der Waals surface area contributed by atoms with E-state index in [9.17, 15) is 14.4 Å². The van der Waals surface area contributed by atoms with Crippen molar-refractivity contribution in [1.29, 1.82) is 0 Å². The highest BCUT2D eigenvalue weighted by molar-refractivity contribution is 7.10. The number of benzene rings is 2. The van der Waals surface area contributed by atoms with E-state index in [0.29, 0.717) is 17.3 Å². The lowest BCUT2D eigenvalue weighted by Gasteiger charge is -2.27. The molecule has 2 atom stereocenters. The van der Waals surface area contributed by atoms with E-state index in [1.165, 1.54) is 0 Å². The van der Waals surface area contributed by atoms with E-state index in [0.717, 1.165) is 29.0 Å². The van der Waals surface area contributed by atoms with E-state index in [1.54, 1.807) is 40.5 Å². The van der Waals surface area contributed by atoms with Gasteiger partial charge in [-0.2, -0.15) is 0 Å². The summed E-state index contributed by atoms with van der Waals surface area (Å²) in [6.07, 6.45) is 2.21. The van der Waals surface area contributed by atoms with Crippen LogP contribution in [-0.2, 0) is 9.59 Å². The Morgan fingerprint density at radius 2 is 1.73 bits per heavy atom. The van der Waals surface area contributed by atoms with Gasteiger partial charge in [-0.15, -0.1) is 11.3 Å². The normalized spacial score (nSPS) is 20.0. The largest absolute Gasteiger partial charge is 0.349 e. The summed E-state index contributed by atoms with van der Waals surface area (Å²) in [7, 11) is 0. The van der Waals surface area contributed by atoms with Gasteiger partial charge in [0.25, 0.3) is 5.91 Å². The van der Waals surface area contributed by atoms with Gasteiger partial charge in [-0.1, -0.05) is 23.8 Å². The van der Waals surface area contributed by atoms with Gasteiger partial charge in [0.05, 0.1) is 12.0 Å². The van der Waals surface area contributed by atoms with Crippen molar-refractivity contribution < 1.29 is 14.4 Å². The third-order valence-electron chi connectivity index (χ3n) is 6.13. The second kappa shape index (κ2) is 8.83. The number of thiophene rings is 1. The summed E-state index contributed by atoms with van der Waals surface area (Å²) in [6, 6.07) is 18.5. The summed E-state index contributed by atoms with van der Waals surface area (Å²) in [5.41, 5.74) is 3.08. The number of hydrogen-bond acceptors (Lipinski definition) is 4. The summed E-state index contributed by atoms with van der Waals surface area (Å²) in [5, 5.41) is 7.87. The first-order valence-corrected chi connectivity index (χ1v) is 12.0. The summed E-state index contributed by atoms with van der Waals surface area (Å²) in [5.74, 6) is -0.880. The lowest BCUT2D eigenvalue weighted by Crippen LogP contribution is -2.32. The molecule has 168 valence electrons. The molecule has 2 aliphatic rings. The van der Waals surface area contributed by atoms with Gasteiger partial charge in [0, 0.05) is 34.3 Å². The second-order valence-electron chi connectivity index (χ2n) is 8.68. The number of nitrogens with one attached hydrogen (secondary N) is 2. The minimum absolute atomic E-state index is 0.0653. The van der Waals surface area contributed by atoms with Gasteiger partial charge in [0.2, 0.25) is 11.8 Å². The smallest absolute Gasteiger partial charge is 0.251 e. The van der Waals surface area contributed by atoms with E-state index >= 15 is 0 Å². The number of rotatable bonds is 6. The van der Waals surface area contributed by atoms with Crippen molar-refractivity contribution in [1.82, 2.24) is 5.32 Å². The lowest BCUT2D eigenvalue weighted by atomic mass is 9.97. The van der Waals surface area contributed by atoms with Gasteiger partial charge < -0.3 is 15.5 Å². The zero-order valence-corrected chi connectivity index (χ0v) is 19.1. The maximum absolute atomic E-state index is 13.3. The van der Waals surface area contributed by atoms with Gasteiger partial charge in [-0.25, -0.2) is 0 Å². The molecule has 2 fully saturated rings. The van der Waals surface area contributed by atoms with E-state index in [2.05, 4.69) is 10.6 Å². The molecule has 7 heteroatoms. The number of carbonyl (C=O) groups is 3. The van der Waals surface area contributed by atoms with Crippen molar-refractivity contribution in [2.24, 2.45) is 5.92 Å². The Hall–Kier alpha value is -3.45. The molecular weight excluding hydrogens is 434 g/mol. The van der Waals surface area contributed by atoms with Crippen molar-refractivity contribution in [2.75, 3.05) is 10.2 Å². The molecule has 33 heavy (non-hydrogen) atoms. The molecule has 1 saturated heterocycles. The fraction of sp³-hybridized carbons (Fsp3) is 0.269. The Bertz CT molecular complexity index is 1170. The Morgan fingerprint density at radius 1 is 1.00 bits per heavy atom. The van der Waals surface area contributed by atoms with Crippen LogP contribution in [0.2, 0.25) is 0 Å². The molecule has 2 heterocycles. The molecule has 0 bridgehead atoms. The van der Waals surface area contributed by atoms with Gasteiger partial charge in [0.1, 0.15) is 0 Å². The minimum Gasteiger partial charge on any atom is -0.349 e. The Labute approximate surface area is 196 Å². The average molecular weight is 460 g/mol. The number of carbonyl (C=O) groups excluding carboxylic acids is 3. The SMILES string of the molecule is Cc1ccc(N2C(=O)CC(C(=O)Nc3ccc(C(=O)NC4CC4)cc3)C2c2cccs2)cc1. The van der Waals surface area contributed by atoms with Crippen LogP contribution in [0.25, 0.3) is 0 Å². The highest BCUT2D eigenvalue weighted by atomic mass is 32.1. The van der Waals surface area contributed by atoms with Crippen molar-refractivity contribution >= 4 is 40.4 Å². The highest BCUT2D eigenvalue weighted by Gasteiger charge is 2.45. The molecule has 3 amide bonds. The van der Waals surface area contributed by atoms with Crippen LogP contribution in [0.1, 0.15) is 46.1 Å². The molecule has 3 aromatic rings. The van der Waals surface area contributed by atoms with Crippen LogP contribution in [0.3, 0.4) is 0 Å². The molecule has 0 radical (unpaired) electrons. The maximum Gasteiger partial charge on any atom is 0.251 e. The molecule has 1 aromatic heterocycles. The molecule has 2 aromatic carbocycles. The molecule has 0 spiro atoms. The Kier molecular flexibility index (Phi) is 5.72. The topological polar surface area (TPSA) is 78.5 Å². The van der Waals surface area contributed by atoms with Crippen LogP contribution in [0.15, 0.2) is 66.0 Å². The molecule has 1 aliphatic carbocycles. The van der Waals surface area contributed by atoms with E-state index in [1.807, 2.05) is 48.7 Å². The molecular formula is C26H25N3O3S. The number of anilines is 2. The predicted molar refractivity (Wildman–Crippen MR) is 129 cm³/mol. The van der Waals surface area contributed by atoms with Crippen LogP contribution in [0.5, 0.6) is 0 Å². The summed E-state index contributed by atoms with van der Waals surface area (Å²) in [6.45, 7) is 2.00. The molecule has 6 nitrogen and oxygen atoms in total. The predicted octanol–water partition coefficient (Wildman–Crippen LogP) is 4.68. The molecule has 5 rings (SSSR count). The van der Waals surface area contributed by atoms with Crippen LogP contribution >= 0.6 is 11.3 Å². The fourth-order valence-electron chi connectivity index (χ4n) is 4.20. The first kappa shape index (κ1) is 21.4. The van der Waals surface area contributed by atoms with Crippen LogP contribution in [-0.4, -0.2) is 23.8 Å². The monoisotopic (exact) mass is 459 g/mol. The summed E-state index contributed by atoms with van der Waals surface area (Å²) < 4.78 is 0. The number of aryl methyl sites for hydroxylation is 1. The first-order chi connectivity index (χ1) is 16.0. The van der Waals surface area contributed by atoms with Gasteiger partial charge in [-0.05, 0) is 67.6 Å². The quantitative estimate of drug-likeness (QED) is 0.562. The van der Waals surface area contributed by atoms with Crippen LogP contribution in [0, 0.1) is 12.8 Å². The highest BCUT2D eigenvalue weighted by Crippen LogP contribution is 2.43. The molecule has 1 saturated carbocycles. The standard InChI is InChI=1S/C26H25N3O3S/c1-16-4-12-20(13-5-16)29-23(30)15-21(24(29)22-3-2-14-33-22)26(32)28-18-8-6-17(7-9-18)25(31)27-19-10-11-19/h2-9,12-14,19,21,24H,10-11,15H2,1H3,(H,27,31)(H,28,32). The van der Waals surface area contributed by atoms with Gasteiger partial charge in [0.15, 0.2) is 0 Å². The second-order valence-corrected chi connectivity index (χ2v) is 9.66. The van der Waals surface area contributed by atoms with Crippen molar-refractivity contribution in [3.05, 3.63) is 82.0 Å². The molecule has 1 aliphatic heterocycles. The van der Waals surface area contributed by atoms with Crippen molar-refractivity contribution in [2.45, 2.75) is 38.3 Å². The van der Waals surface area contributed by atoms with Crippen molar-refractivity contribution in [3.63, 3.8) is 0 Å². The number of amides is 3. The van der Waals surface area contributed by atoms with E-state index in [4.69, 9.17) is 0 Å². The van der Waals surface area contributed by atoms with Crippen LogP contribution < -0.4 is 15.5 Å². The van der Waals surface area contributed by atoms with Crippen LogP contribution in [0.4, 0.5) is 11.4 Å². The van der Waals surface area contributed by atoms with E-state index < -0.39 is 5.92 Å². The van der Waals surface area contributed by atoms with Gasteiger partial charge in [-0.3, -0.25) is 14.4 Å². The molecule has 2 N–H and O–H groups in total. The van der Waals surface area contributed by atoms with Gasteiger partial charge >= 0.3 is 0 Å². The summed E-state index contributed by atoms with van der Waals surface area (Å²) >= 11 is 1.55. The molecule has 2 unspecified atom stereocenters. The third-order valence-corrected chi connectivity index (χ3v) is 7.08. The van der Waals surface area contributed by atoms with Crippen molar-refractivity contribution in [3.8, 4) is 0 Å². The zero-order valence-electron chi connectivity index (χ0n) is 18.3. The first-order valence-electron chi connectivity index (χ1n) is 11.1. The third kappa shape index (κ3) is 4.54. The Morgan fingerprint density at radius 3 is 2.36 bits per heavy atom.